The quantitative estimate of drug-likeness (QED) is 0.231. The monoisotopic (exact) mass is 570 g/mol. The summed E-state index contributed by atoms with van der Waals surface area (Å²) in [5, 5.41) is 0.367. The average molecular weight is 571 g/mol. The summed E-state index contributed by atoms with van der Waals surface area (Å²) < 4.78 is 48.9. The molecular weight excluding hydrogens is 536 g/mol. The molecule has 2 rings (SSSR count). The van der Waals surface area contributed by atoms with Crippen molar-refractivity contribution in [3.63, 3.8) is 0 Å². The number of benzene rings is 1. The first-order valence-electron chi connectivity index (χ1n) is 12.1. The number of ether oxygens (including phenoxy) is 4. The Bertz CT molecular complexity index is 1120. The minimum Gasteiger partial charge on any atom is -0.492 e. The summed E-state index contributed by atoms with van der Waals surface area (Å²) in [6.07, 6.45) is 3.12. The molecule has 0 bridgehead atoms. The van der Waals surface area contributed by atoms with Crippen molar-refractivity contribution < 1.29 is 37.0 Å². The largest absolute Gasteiger partial charge is 0.492 e. The van der Waals surface area contributed by atoms with Gasteiger partial charge in [0.05, 0.1) is 30.9 Å². The molecule has 0 saturated heterocycles. The zero-order valence-electron chi connectivity index (χ0n) is 22.1. The molecule has 12 heteroatoms. The van der Waals surface area contributed by atoms with Crippen molar-refractivity contribution in [3.05, 3.63) is 53.8 Å². The van der Waals surface area contributed by atoms with Crippen LogP contribution in [0.15, 0.2) is 53.7 Å². The van der Waals surface area contributed by atoms with Gasteiger partial charge in [0.15, 0.2) is 0 Å². The van der Waals surface area contributed by atoms with Crippen LogP contribution in [-0.4, -0.2) is 68.3 Å². The molecule has 2 aromatic rings. The fourth-order valence-corrected chi connectivity index (χ4v) is 4.71. The van der Waals surface area contributed by atoms with Crippen LogP contribution in [0.5, 0.6) is 5.75 Å². The van der Waals surface area contributed by atoms with Crippen molar-refractivity contribution >= 4 is 33.7 Å². The maximum Gasteiger partial charge on any atom is 0.424 e. The summed E-state index contributed by atoms with van der Waals surface area (Å²) in [4.78, 5) is 28.4. The standard InChI is InChI=1S/C26H35ClN2O8S/c1-26(2,3)37-25(31)29(38(32,33)23-11-8-20(27)9-12-23)16-6-17-35-21(10-13-24(30)34-4)14-18-36-22-7-5-15-28-19-22/h5,7-9,11-12,15,19,21H,6,10,13-14,16-18H2,1-4H3. The van der Waals surface area contributed by atoms with Gasteiger partial charge in [-0.3, -0.25) is 9.78 Å². The molecular formula is C26H35ClN2O8S. The first-order valence-corrected chi connectivity index (χ1v) is 14.0. The maximum absolute atomic E-state index is 13.3. The zero-order chi connectivity index (χ0) is 28.2. The molecule has 0 saturated carbocycles. The molecule has 0 aliphatic heterocycles. The van der Waals surface area contributed by atoms with Crippen molar-refractivity contribution in [1.82, 2.24) is 9.29 Å². The van der Waals surface area contributed by atoms with E-state index in [2.05, 4.69) is 4.98 Å². The van der Waals surface area contributed by atoms with E-state index in [0.29, 0.717) is 34.5 Å². The highest BCUT2D eigenvalue weighted by Crippen LogP contribution is 2.22. The minimum absolute atomic E-state index is 0.0859. The number of sulfonamides is 1. The summed E-state index contributed by atoms with van der Waals surface area (Å²) in [5.41, 5.74) is -0.894. The van der Waals surface area contributed by atoms with Crippen LogP contribution in [-0.2, 0) is 29.0 Å². The third kappa shape index (κ3) is 10.8. The van der Waals surface area contributed by atoms with Gasteiger partial charge in [-0.05, 0) is 70.0 Å². The fourth-order valence-electron chi connectivity index (χ4n) is 3.25. The van der Waals surface area contributed by atoms with Gasteiger partial charge in [0.1, 0.15) is 11.4 Å². The average Bonchev–Trinajstić information content (AvgIpc) is 2.86. The molecule has 0 N–H and O–H groups in total. The van der Waals surface area contributed by atoms with Gasteiger partial charge in [0.25, 0.3) is 10.0 Å². The van der Waals surface area contributed by atoms with Gasteiger partial charge in [-0.1, -0.05) is 11.6 Å². The van der Waals surface area contributed by atoms with Gasteiger partial charge >= 0.3 is 12.1 Å². The van der Waals surface area contributed by atoms with Crippen LogP contribution in [0.4, 0.5) is 4.79 Å². The second-order valence-electron chi connectivity index (χ2n) is 9.30. The molecule has 10 nitrogen and oxygen atoms in total. The fraction of sp³-hybridized carbons (Fsp3) is 0.500. The lowest BCUT2D eigenvalue weighted by Crippen LogP contribution is -2.41. The van der Waals surface area contributed by atoms with E-state index in [9.17, 15) is 18.0 Å². The second-order valence-corrected chi connectivity index (χ2v) is 11.6. The molecule has 0 spiro atoms. The lowest BCUT2D eigenvalue weighted by atomic mass is 10.1. The van der Waals surface area contributed by atoms with Crippen molar-refractivity contribution in [3.8, 4) is 5.75 Å². The molecule has 0 fully saturated rings. The highest BCUT2D eigenvalue weighted by atomic mass is 35.5. The molecule has 1 atom stereocenters. The van der Waals surface area contributed by atoms with Crippen molar-refractivity contribution in [2.24, 2.45) is 0 Å². The predicted molar refractivity (Wildman–Crippen MR) is 142 cm³/mol. The number of hydrogen-bond acceptors (Lipinski definition) is 9. The number of halogens is 1. The van der Waals surface area contributed by atoms with Crippen molar-refractivity contribution in [2.45, 2.75) is 63.1 Å². The number of esters is 1. The van der Waals surface area contributed by atoms with Crippen LogP contribution in [0.1, 0.15) is 46.5 Å². The summed E-state index contributed by atoms with van der Waals surface area (Å²) >= 11 is 5.89. The first kappa shape index (κ1) is 31.3. The van der Waals surface area contributed by atoms with Crippen LogP contribution in [0.25, 0.3) is 0 Å². The van der Waals surface area contributed by atoms with Gasteiger partial charge in [-0.15, -0.1) is 0 Å². The highest BCUT2D eigenvalue weighted by Gasteiger charge is 2.33. The van der Waals surface area contributed by atoms with E-state index in [1.54, 1.807) is 45.3 Å². The summed E-state index contributed by atoms with van der Waals surface area (Å²) in [6, 6.07) is 9.07. The normalized spacial score (nSPS) is 12.4. The number of pyridine rings is 1. The molecule has 0 aliphatic rings. The molecule has 38 heavy (non-hydrogen) atoms. The molecule has 1 unspecified atom stereocenters. The lowest BCUT2D eigenvalue weighted by Gasteiger charge is -2.27. The third-order valence-corrected chi connectivity index (χ3v) is 7.13. The summed E-state index contributed by atoms with van der Waals surface area (Å²) in [7, 11) is -2.89. The van der Waals surface area contributed by atoms with E-state index in [-0.39, 0.29) is 43.0 Å². The SMILES string of the molecule is COC(=O)CCC(CCOc1cccnc1)OCCCN(C(=O)OC(C)(C)C)S(=O)(=O)c1ccc(Cl)cc1. The Hall–Kier alpha value is -2.89. The van der Waals surface area contributed by atoms with E-state index < -0.39 is 21.7 Å². The van der Waals surface area contributed by atoms with E-state index in [1.165, 1.54) is 31.4 Å². The number of methoxy groups -OCH3 is 1. The van der Waals surface area contributed by atoms with E-state index in [4.69, 9.17) is 30.5 Å². The molecule has 1 aromatic carbocycles. The molecule has 1 heterocycles. The van der Waals surface area contributed by atoms with Gasteiger partial charge < -0.3 is 18.9 Å². The number of rotatable bonds is 14. The smallest absolute Gasteiger partial charge is 0.424 e. The van der Waals surface area contributed by atoms with Crippen LogP contribution in [0, 0.1) is 0 Å². The van der Waals surface area contributed by atoms with E-state index in [0.717, 1.165) is 0 Å². The Morgan fingerprint density at radius 3 is 2.39 bits per heavy atom. The summed E-state index contributed by atoms with van der Waals surface area (Å²) in [6.45, 7) is 5.25. The van der Waals surface area contributed by atoms with Gasteiger partial charge in [-0.25, -0.2) is 17.5 Å². The third-order valence-electron chi connectivity index (χ3n) is 5.10. The number of nitrogens with zero attached hydrogens (tertiary/aromatic N) is 2. The van der Waals surface area contributed by atoms with Gasteiger partial charge in [-0.2, -0.15) is 0 Å². The van der Waals surface area contributed by atoms with E-state index in [1.807, 2.05) is 0 Å². The number of amides is 1. The topological polar surface area (TPSA) is 121 Å². The van der Waals surface area contributed by atoms with Crippen LogP contribution < -0.4 is 4.74 Å². The molecule has 210 valence electrons. The minimum atomic E-state index is -4.20. The Morgan fingerprint density at radius 1 is 1.08 bits per heavy atom. The number of carbonyl (C=O) groups is 2. The Morgan fingerprint density at radius 2 is 1.79 bits per heavy atom. The molecule has 0 radical (unpaired) electrons. The van der Waals surface area contributed by atoms with E-state index >= 15 is 0 Å². The number of carbonyl (C=O) groups excluding carboxylic acids is 2. The summed E-state index contributed by atoms with van der Waals surface area (Å²) in [5.74, 6) is 0.247. The lowest BCUT2D eigenvalue weighted by molar-refractivity contribution is -0.141. The molecule has 1 amide bonds. The number of hydrogen-bond donors (Lipinski definition) is 0. The molecule has 1 aromatic heterocycles. The van der Waals surface area contributed by atoms with Crippen LogP contribution >= 0.6 is 11.6 Å². The van der Waals surface area contributed by atoms with Crippen molar-refractivity contribution in [1.29, 1.82) is 0 Å². The van der Waals surface area contributed by atoms with Gasteiger partial charge in [0.2, 0.25) is 0 Å². The van der Waals surface area contributed by atoms with Crippen LogP contribution in [0.3, 0.4) is 0 Å². The Kier molecular flexibility index (Phi) is 12.3. The van der Waals surface area contributed by atoms with Gasteiger partial charge in [0, 0.05) is 37.2 Å². The second kappa shape index (κ2) is 14.9. The first-order chi connectivity index (χ1) is 17.9. The zero-order valence-corrected chi connectivity index (χ0v) is 23.7. The van der Waals surface area contributed by atoms with Crippen LogP contribution in [0.2, 0.25) is 5.02 Å². The van der Waals surface area contributed by atoms with Crippen molar-refractivity contribution in [2.75, 3.05) is 26.9 Å². The molecule has 0 aliphatic carbocycles. The highest BCUT2D eigenvalue weighted by molar-refractivity contribution is 7.89. The Balaban J connectivity index is 2.03. The maximum atomic E-state index is 13.3. The predicted octanol–water partition coefficient (Wildman–Crippen LogP) is 4.86. The number of aromatic nitrogens is 1. The Labute approximate surface area is 229 Å².